The Balaban J connectivity index is 1.85. The Morgan fingerprint density at radius 3 is 2.57 bits per heavy atom. The highest BCUT2D eigenvalue weighted by Gasteiger charge is 2.34. The molecule has 1 saturated heterocycles. The number of halogens is 1. The van der Waals surface area contributed by atoms with Gasteiger partial charge in [0.2, 0.25) is 0 Å². The van der Waals surface area contributed by atoms with Crippen molar-refractivity contribution in [3.8, 4) is 0 Å². The molecule has 0 saturated carbocycles. The quantitative estimate of drug-likeness (QED) is 0.938. The molecule has 2 aromatic rings. The number of pyridine rings is 1. The molecule has 0 radical (unpaired) electrons. The average molecular weight is 331 g/mol. The van der Waals surface area contributed by atoms with Gasteiger partial charge in [-0.25, -0.2) is 0 Å². The van der Waals surface area contributed by atoms with Crippen LogP contribution in [0.4, 0.5) is 11.4 Å². The van der Waals surface area contributed by atoms with E-state index in [1.54, 1.807) is 6.20 Å². The molecule has 0 unspecified atom stereocenters. The van der Waals surface area contributed by atoms with Gasteiger partial charge < -0.3 is 15.5 Å². The first-order chi connectivity index (χ1) is 11.0. The maximum atomic E-state index is 6.49. The third-order valence-electron chi connectivity index (χ3n) is 4.44. The van der Waals surface area contributed by atoms with Gasteiger partial charge in [-0.15, -0.1) is 0 Å². The molecule has 122 valence electrons. The number of hydrogen-bond donors (Lipinski definition) is 1. The second-order valence-electron chi connectivity index (χ2n) is 6.52. The second kappa shape index (κ2) is 6.38. The molecule has 0 spiro atoms. The highest BCUT2D eigenvalue weighted by Crippen LogP contribution is 2.34. The largest absolute Gasteiger partial charge is 0.366 e. The van der Waals surface area contributed by atoms with Crippen LogP contribution in [0.25, 0.3) is 0 Å². The molecule has 0 bridgehead atoms. The topological polar surface area (TPSA) is 45.4 Å². The molecule has 0 aliphatic carbocycles. The number of nitrogens with zero attached hydrogens (tertiary/aromatic N) is 3. The zero-order valence-electron chi connectivity index (χ0n) is 13.7. The zero-order valence-corrected chi connectivity index (χ0v) is 14.4. The van der Waals surface area contributed by atoms with E-state index in [4.69, 9.17) is 17.3 Å². The SMILES string of the molecule is CC1(C)CN(c2ccnc(CN)c2Cl)CCN1c1ccccc1. The van der Waals surface area contributed by atoms with Crippen LogP contribution >= 0.6 is 11.6 Å². The van der Waals surface area contributed by atoms with Crippen LogP contribution < -0.4 is 15.5 Å². The lowest BCUT2D eigenvalue weighted by Crippen LogP contribution is -2.59. The summed E-state index contributed by atoms with van der Waals surface area (Å²) in [5.41, 5.74) is 8.79. The molecule has 4 nitrogen and oxygen atoms in total. The normalized spacial score (nSPS) is 17.4. The number of rotatable bonds is 3. The van der Waals surface area contributed by atoms with Crippen LogP contribution in [0.2, 0.25) is 5.02 Å². The van der Waals surface area contributed by atoms with Gasteiger partial charge in [-0.1, -0.05) is 29.8 Å². The van der Waals surface area contributed by atoms with Gasteiger partial charge in [0.1, 0.15) is 0 Å². The van der Waals surface area contributed by atoms with E-state index in [-0.39, 0.29) is 5.54 Å². The first-order valence-corrected chi connectivity index (χ1v) is 8.32. The van der Waals surface area contributed by atoms with E-state index >= 15 is 0 Å². The van der Waals surface area contributed by atoms with Crippen LogP contribution in [0.15, 0.2) is 42.6 Å². The van der Waals surface area contributed by atoms with Gasteiger partial charge in [-0.2, -0.15) is 0 Å². The first-order valence-electron chi connectivity index (χ1n) is 7.94. The summed E-state index contributed by atoms with van der Waals surface area (Å²) in [5.74, 6) is 0. The Bertz CT molecular complexity index is 672. The van der Waals surface area contributed by atoms with Gasteiger partial charge in [0, 0.05) is 38.1 Å². The van der Waals surface area contributed by atoms with Crippen molar-refractivity contribution in [1.29, 1.82) is 0 Å². The highest BCUT2D eigenvalue weighted by atomic mass is 35.5. The van der Waals surface area contributed by atoms with Crippen molar-refractivity contribution < 1.29 is 0 Å². The molecule has 2 heterocycles. The summed E-state index contributed by atoms with van der Waals surface area (Å²) in [6, 6.07) is 12.6. The van der Waals surface area contributed by atoms with Crippen LogP contribution in [0.3, 0.4) is 0 Å². The summed E-state index contributed by atoms with van der Waals surface area (Å²) < 4.78 is 0. The maximum absolute atomic E-state index is 6.49. The van der Waals surface area contributed by atoms with Gasteiger partial charge in [0.15, 0.2) is 0 Å². The summed E-state index contributed by atoms with van der Waals surface area (Å²) in [6.45, 7) is 7.67. The van der Waals surface area contributed by atoms with Gasteiger partial charge in [0.05, 0.1) is 21.9 Å². The van der Waals surface area contributed by atoms with Gasteiger partial charge >= 0.3 is 0 Å². The standard InChI is InChI=1S/C18H23ClN4/c1-18(2)13-22(16-8-9-21-15(12-20)17(16)19)10-11-23(18)14-6-4-3-5-7-14/h3-9H,10-13,20H2,1-2H3. The van der Waals surface area contributed by atoms with Crippen molar-refractivity contribution in [3.05, 3.63) is 53.3 Å². The minimum Gasteiger partial charge on any atom is -0.366 e. The summed E-state index contributed by atoms with van der Waals surface area (Å²) in [6.07, 6.45) is 1.79. The molecule has 0 amide bonds. The molecular weight excluding hydrogens is 308 g/mol. The lowest BCUT2D eigenvalue weighted by Gasteiger charge is -2.49. The van der Waals surface area contributed by atoms with E-state index in [2.05, 4.69) is 59.0 Å². The van der Waals surface area contributed by atoms with Crippen molar-refractivity contribution in [2.75, 3.05) is 29.4 Å². The Labute approximate surface area is 142 Å². The molecule has 3 rings (SSSR count). The number of nitrogens with two attached hydrogens (primary N) is 1. The number of aromatic nitrogens is 1. The van der Waals surface area contributed by atoms with Gasteiger partial charge in [0.25, 0.3) is 0 Å². The number of piperazine rings is 1. The van der Waals surface area contributed by atoms with Crippen LogP contribution in [-0.2, 0) is 6.54 Å². The molecule has 5 heteroatoms. The molecule has 2 N–H and O–H groups in total. The van der Waals surface area contributed by atoms with E-state index in [9.17, 15) is 0 Å². The van der Waals surface area contributed by atoms with Crippen molar-refractivity contribution in [1.82, 2.24) is 4.98 Å². The van der Waals surface area contributed by atoms with Crippen molar-refractivity contribution in [2.24, 2.45) is 5.73 Å². The molecule has 1 aliphatic heterocycles. The van der Waals surface area contributed by atoms with Crippen molar-refractivity contribution in [2.45, 2.75) is 25.9 Å². The Hall–Kier alpha value is -1.78. The third kappa shape index (κ3) is 3.14. The molecule has 23 heavy (non-hydrogen) atoms. The van der Waals surface area contributed by atoms with E-state index in [0.717, 1.165) is 31.0 Å². The fourth-order valence-electron chi connectivity index (χ4n) is 3.31. The summed E-state index contributed by atoms with van der Waals surface area (Å²) in [5, 5.41) is 0.680. The van der Waals surface area contributed by atoms with Crippen molar-refractivity contribution in [3.63, 3.8) is 0 Å². The van der Waals surface area contributed by atoms with Crippen LogP contribution in [0, 0.1) is 0 Å². The minimum absolute atomic E-state index is 0.00901. The highest BCUT2D eigenvalue weighted by molar-refractivity contribution is 6.33. The fraction of sp³-hybridized carbons (Fsp3) is 0.389. The van der Waals surface area contributed by atoms with E-state index in [1.165, 1.54) is 5.69 Å². The second-order valence-corrected chi connectivity index (χ2v) is 6.89. The number of benzene rings is 1. The number of para-hydroxylation sites is 1. The maximum Gasteiger partial charge on any atom is 0.0868 e. The Kier molecular flexibility index (Phi) is 4.46. The van der Waals surface area contributed by atoms with E-state index in [1.807, 2.05) is 6.07 Å². The first kappa shape index (κ1) is 16.1. The monoisotopic (exact) mass is 330 g/mol. The van der Waals surface area contributed by atoms with Crippen molar-refractivity contribution >= 4 is 23.0 Å². The summed E-state index contributed by atoms with van der Waals surface area (Å²) in [7, 11) is 0. The lowest BCUT2D eigenvalue weighted by atomic mass is 9.97. The summed E-state index contributed by atoms with van der Waals surface area (Å²) >= 11 is 6.49. The summed E-state index contributed by atoms with van der Waals surface area (Å²) in [4.78, 5) is 9.05. The molecule has 1 aromatic carbocycles. The van der Waals surface area contributed by atoms with E-state index < -0.39 is 0 Å². The van der Waals surface area contributed by atoms with E-state index in [0.29, 0.717) is 11.6 Å². The number of hydrogen-bond acceptors (Lipinski definition) is 4. The van der Waals surface area contributed by atoms with Gasteiger partial charge in [-0.05, 0) is 32.0 Å². The van der Waals surface area contributed by atoms with Crippen LogP contribution in [0.1, 0.15) is 19.5 Å². The smallest absolute Gasteiger partial charge is 0.0868 e. The fourth-order valence-corrected chi connectivity index (χ4v) is 3.62. The predicted octanol–water partition coefficient (Wildman–Crippen LogP) is 3.30. The van der Waals surface area contributed by atoms with Crippen LogP contribution in [-0.4, -0.2) is 30.2 Å². The number of anilines is 2. The average Bonchev–Trinajstić information content (AvgIpc) is 2.55. The zero-order chi connectivity index (χ0) is 16.4. The molecule has 0 atom stereocenters. The molecule has 1 aromatic heterocycles. The third-order valence-corrected chi connectivity index (χ3v) is 4.86. The predicted molar refractivity (Wildman–Crippen MR) is 97.2 cm³/mol. The lowest BCUT2D eigenvalue weighted by molar-refractivity contribution is 0.415. The Morgan fingerprint density at radius 2 is 1.91 bits per heavy atom. The van der Waals surface area contributed by atoms with Gasteiger partial charge in [-0.3, -0.25) is 4.98 Å². The van der Waals surface area contributed by atoms with Crippen LogP contribution in [0.5, 0.6) is 0 Å². The molecule has 1 aliphatic rings. The minimum atomic E-state index is 0.00901. The Morgan fingerprint density at radius 1 is 1.17 bits per heavy atom. The molecule has 1 fully saturated rings. The molecular formula is C18H23ClN4.